The maximum atomic E-state index is 12.9. The molecule has 0 aliphatic carbocycles. The first-order chi connectivity index (χ1) is 13.3. The second-order valence-corrected chi connectivity index (χ2v) is 7.65. The van der Waals surface area contributed by atoms with E-state index in [2.05, 4.69) is 15.6 Å². The Labute approximate surface area is 165 Å². The fourth-order valence-corrected chi connectivity index (χ4v) is 4.22. The van der Waals surface area contributed by atoms with Crippen LogP contribution in [0.1, 0.15) is 47.2 Å². The highest BCUT2D eigenvalue weighted by atomic mass is 32.1. The monoisotopic (exact) mass is 406 g/mol. The van der Waals surface area contributed by atoms with Gasteiger partial charge in [-0.2, -0.15) is 0 Å². The highest BCUT2D eigenvalue weighted by Crippen LogP contribution is 2.29. The third-order valence-electron chi connectivity index (χ3n) is 4.71. The minimum absolute atomic E-state index is 0.139. The Morgan fingerprint density at radius 2 is 2.00 bits per heavy atom. The number of aryl methyl sites for hydroxylation is 2. The highest BCUT2D eigenvalue weighted by molar-refractivity contribution is 7.20. The summed E-state index contributed by atoms with van der Waals surface area (Å²) in [6.07, 6.45) is 2.53. The van der Waals surface area contributed by atoms with Gasteiger partial charge in [-0.3, -0.25) is 19.5 Å². The number of hydrogen-bond donors (Lipinski definition) is 2. The number of ether oxygens (including phenoxy) is 1. The van der Waals surface area contributed by atoms with Crippen LogP contribution in [-0.2, 0) is 22.5 Å². The first-order valence-corrected chi connectivity index (χ1v) is 9.91. The van der Waals surface area contributed by atoms with Crippen LogP contribution in [0.5, 0.6) is 0 Å². The van der Waals surface area contributed by atoms with Crippen molar-refractivity contribution in [3.8, 4) is 0 Å². The molecule has 0 saturated heterocycles. The maximum Gasteiger partial charge on any atom is 0.349 e. The summed E-state index contributed by atoms with van der Waals surface area (Å²) in [5.74, 6) is -0.717. The summed E-state index contributed by atoms with van der Waals surface area (Å²) < 4.78 is 6.88. The largest absolute Gasteiger partial charge is 0.448 e. The number of aromatic nitrogens is 2. The molecule has 0 aromatic carbocycles. The number of nitrogens with one attached hydrogen (secondary N) is 2. The SMILES string of the molecule is CNC(=O)NC(=O)[C@@H](C)OC(=O)c1sc2nc3n(c(=O)c2c1C)CCCCC3. The Balaban J connectivity index is 1.89. The van der Waals surface area contributed by atoms with Crippen molar-refractivity contribution >= 4 is 39.5 Å². The van der Waals surface area contributed by atoms with Crippen LogP contribution in [0.2, 0.25) is 0 Å². The van der Waals surface area contributed by atoms with Gasteiger partial charge in [0.2, 0.25) is 0 Å². The number of thiophene rings is 1. The lowest BCUT2D eigenvalue weighted by Gasteiger charge is -2.12. The van der Waals surface area contributed by atoms with Gasteiger partial charge in [-0.15, -0.1) is 11.3 Å². The van der Waals surface area contributed by atoms with Crippen molar-refractivity contribution in [1.82, 2.24) is 20.2 Å². The van der Waals surface area contributed by atoms with E-state index >= 15 is 0 Å². The Kier molecular flexibility index (Phi) is 5.78. The average Bonchev–Trinajstić information content (AvgIpc) is 2.83. The number of urea groups is 1. The summed E-state index contributed by atoms with van der Waals surface area (Å²) in [7, 11) is 1.37. The lowest BCUT2D eigenvalue weighted by molar-refractivity contribution is -0.127. The molecule has 1 atom stereocenters. The van der Waals surface area contributed by atoms with Crippen molar-refractivity contribution in [2.75, 3.05) is 7.05 Å². The van der Waals surface area contributed by atoms with E-state index in [1.54, 1.807) is 11.5 Å². The number of hydrogen-bond acceptors (Lipinski definition) is 7. The van der Waals surface area contributed by atoms with Crippen molar-refractivity contribution in [1.29, 1.82) is 0 Å². The number of amides is 3. The summed E-state index contributed by atoms with van der Waals surface area (Å²) in [5.41, 5.74) is 0.362. The summed E-state index contributed by atoms with van der Waals surface area (Å²) in [6.45, 7) is 3.68. The lowest BCUT2D eigenvalue weighted by Crippen LogP contribution is -2.43. The molecule has 3 amide bonds. The van der Waals surface area contributed by atoms with Gasteiger partial charge in [-0.25, -0.2) is 14.6 Å². The number of rotatable bonds is 3. The molecule has 28 heavy (non-hydrogen) atoms. The second kappa shape index (κ2) is 8.09. The van der Waals surface area contributed by atoms with Gasteiger partial charge in [0.1, 0.15) is 15.5 Å². The Hall–Kier alpha value is -2.75. The van der Waals surface area contributed by atoms with E-state index < -0.39 is 24.0 Å². The van der Waals surface area contributed by atoms with E-state index in [9.17, 15) is 19.2 Å². The van der Waals surface area contributed by atoms with Crippen LogP contribution in [0.4, 0.5) is 4.79 Å². The molecule has 2 aromatic heterocycles. The summed E-state index contributed by atoms with van der Waals surface area (Å²) in [6, 6.07) is -0.690. The van der Waals surface area contributed by atoms with Gasteiger partial charge in [0.15, 0.2) is 6.10 Å². The van der Waals surface area contributed by atoms with E-state index in [4.69, 9.17) is 4.74 Å². The van der Waals surface area contributed by atoms with Crippen LogP contribution in [0, 0.1) is 6.92 Å². The Morgan fingerprint density at radius 1 is 1.25 bits per heavy atom. The summed E-state index contributed by atoms with van der Waals surface area (Å²) >= 11 is 1.09. The van der Waals surface area contributed by atoms with E-state index in [0.717, 1.165) is 42.8 Å². The molecule has 0 radical (unpaired) electrons. The second-order valence-electron chi connectivity index (χ2n) is 6.65. The number of imide groups is 1. The van der Waals surface area contributed by atoms with Crippen LogP contribution >= 0.6 is 11.3 Å². The molecule has 9 nitrogen and oxygen atoms in total. The van der Waals surface area contributed by atoms with Gasteiger partial charge in [-0.05, 0) is 32.3 Å². The smallest absolute Gasteiger partial charge is 0.349 e. The number of nitrogens with zero attached hydrogens (tertiary/aromatic N) is 2. The van der Waals surface area contributed by atoms with Crippen molar-refractivity contribution < 1.29 is 19.1 Å². The number of fused-ring (bicyclic) bond motifs is 2. The Bertz CT molecular complexity index is 1010. The van der Waals surface area contributed by atoms with Crippen molar-refractivity contribution in [3.05, 3.63) is 26.6 Å². The fourth-order valence-electron chi connectivity index (χ4n) is 3.15. The van der Waals surface area contributed by atoms with Gasteiger partial charge < -0.3 is 10.1 Å². The summed E-state index contributed by atoms with van der Waals surface area (Å²) in [5, 5.41) is 4.72. The zero-order valence-corrected chi connectivity index (χ0v) is 16.8. The Morgan fingerprint density at radius 3 is 2.71 bits per heavy atom. The minimum atomic E-state index is -1.17. The number of carbonyl (C=O) groups excluding carboxylic acids is 3. The van der Waals surface area contributed by atoms with Gasteiger partial charge in [0.05, 0.1) is 5.39 Å². The molecule has 0 fully saturated rings. The molecule has 2 N–H and O–H groups in total. The fraction of sp³-hybridized carbons (Fsp3) is 0.500. The van der Waals surface area contributed by atoms with Crippen molar-refractivity contribution in [2.24, 2.45) is 0 Å². The third kappa shape index (κ3) is 3.77. The van der Waals surface area contributed by atoms with E-state index in [1.165, 1.54) is 14.0 Å². The van der Waals surface area contributed by atoms with Crippen LogP contribution in [0.25, 0.3) is 10.2 Å². The van der Waals surface area contributed by atoms with Gasteiger partial charge in [0.25, 0.3) is 11.5 Å². The van der Waals surface area contributed by atoms with Crippen molar-refractivity contribution in [3.63, 3.8) is 0 Å². The predicted octanol–water partition coefficient (Wildman–Crippen LogP) is 1.49. The van der Waals surface area contributed by atoms with Gasteiger partial charge in [0, 0.05) is 20.0 Å². The molecule has 0 unspecified atom stereocenters. The molecule has 3 heterocycles. The molecule has 1 aliphatic heterocycles. The third-order valence-corrected chi connectivity index (χ3v) is 5.88. The van der Waals surface area contributed by atoms with E-state index in [1.807, 2.05) is 0 Å². The molecular formula is C18H22N4O5S. The van der Waals surface area contributed by atoms with Gasteiger partial charge >= 0.3 is 12.0 Å². The standard InChI is InChI=1S/C18H22N4O5S/c1-9-12-15(20-11-7-5-4-6-8-22(11)16(12)24)28-13(9)17(25)27-10(2)14(23)21-18(26)19-3/h10H,4-8H2,1-3H3,(H2,19,21,23,26)/t10-/m1/s1. The topological polar surface area (TPSA) is 119 Å². The lowest BCUT2D eigenvalue weighted by atomic mass is 10.2. The zero-order valence-electron chi connectivity index (χ0n) is 16.0. The normalized spacial score (nSPS) is 14.7. The first-order valence-electron chi connectivity index (χ1n) is 9.09. The molecule has 150 valence electrons. The molecule has 0 saturated carbocycles. The molecule has 2 aromatic rings. The molecule has 3 rings (SSSR count). The predicted molar refractivity (Wildman–Crippen MR) is 104 cm³/mol. The first kappa shape index (κ1) is 20.0. The quantitative estimate of drug-likeness (QED) is 0.746. The summed E-state index contributed by atoms with van der Waals surface area (Å²) in [4.78, 5) is 53.9. The van der Waals surface area contributed by atoms with Crippen LogP contribution in [0.3, 0.4) is 0 Å². The van der Waals surface area contributed by atoms with Crippen molar-refractivity contribution in [2.45, 2.75) is 52.2 Å². The van der Waals surface area contributed by atoms with Crippen LogP contribution in [0.15, 0.2) is 4.79 Å². The van der Waals surface area contributed by atoms with Gasteiger partial charge in [-0.1, -0.05) is 6.42 Å². The number of esters is 1. The molecule has 10 heteroatoms. The highest BCUT2D eigenvalue weighted by Gasteiger charge is 2.26. The molecule has 1 aliphatic rings. The zero-order chi connectivity index (χ0) is 20.4. The maximum absolute atomic E-state index is 12.9. The van der Waals surface area contributed by atoms with E-state index in [-0.39, 0.29) is 10.4 Å². The molecule has 0 bridgehead atoms. The van der Waals surface area contributed by atoms with Crippen LogP contribution in [-0.4, -0.2) is 40.6 Å². The van der Waals surface area contributed by atoms with E-state index in [0.29, 0.717) is 22.3 Å². The average molecular weight is 406 g/mol. The molecular weight excluding hydrogens is 384 g/mol. The van der Waals surface area contributed by atoms with Crippen LogP contribution < -0.4 is 16.2 Å². The minimum Gasteiger partial charge on any atom is -0.448 e. The number of carbonyl (C=O) groups is 3. The molecule has 0 spiro atoms.